The van der Waals surface area contributed by atoms with E-state index in [4.69, 9.17) is 15.0 Å². The molecule has 0 saturated heterocycles. The molecule has 7 aromatic carbocycles. The highest BCUT2D eigenvalue weighted by atomic mass is 32.1. The summed E-state index contributed by atoms with van der Waals surface area (Å²) in [5.74, 6) is 1.95. The van der Waals surface area contributed by atoms with Crippen LogP contribution in [0.3, 0.4) is 0 Å². The Labute approximate surface area is 292 Å². The van der Waals surface area contributed by atoms with Crippen molar-refractivity contribution in [2.24, 2.45) is 0 Å². The lowest BCUT2D eigenvalue weighted by atomic mass is 10.0. The van der Waals surface area contributed by atoms with Gasteiger partial charge in [0.1, 0.15) is 0 Å². The van der Waals surface area contributed by atoms with Crippen molar-refractivity contribution in [1.82, 2.24) is 19.5 Å². The smallest absolute Gasteiger partial charge is 0.164 e. The zero-order valence-electron chi connectivity index (χ0n) is 26.9. The Morgan fingerprint density at radius 1 is 0.340 bits per heavy atom. The SMILES string of the molecule is c1ccc(-c2ccc3c(c2)c2ccccc2n3-c2cccc(-c3nc(-c4ccccc4)nc(-c4ccc5c(c4)sc4ccccc45)n3)c2)cc1. The average molecular weight is 657 g/mol. The van der Waals surface area contributed by atoms with Crippen LogP contribution in [0.15, 0.2) is 170 Å². The van der Waals surface area contributed by atoms with Crippen LogP contribution < -0.4 is 0 Å². The third-order valence-electron chi connectivity index (χ3n) is 9.45. The van der Waals surface area contributed by atoms with Gasteiger partial charge in [-0.25, -0.2) is 15.0 Å². The first-order valence-electron chi connectivity index (χ1n) is 16.7. The van der Waals surface area contributed by atoms with Gasteiger partial charge in [0.15, 0.2) is 17.5 Å². The minimum atomic E-state index is 0.638. The van der Waals surface area contributed by atoms with Gasteiger partial charge in [-0.05, 0) is 53.6 Å². The number of fused-ring (bicyclic) bond motifs is 6. The summed E-state index contributed by atoms with van der Waals surface area (Å²) in [4.78, 5) is 15.2. The molecule has 5 heteroatoms. The molecule has 0 aliphatic rings. The van der Waals surface area contributed by atoms with Gasteiger partial charge in [0.25, 0.3) is 0 Å². The second-order valence-corrected chi connectivity index (χ2v) is 13.6. The van der Waals surface area contributed by atoms with Crippen LogP contribution in [0.25, 0.3) is 93.0 Å². The Kier molecular flexibility index (Phi) is 6.64. The highest BCUT2D eigenvalue weighted by Crippen LogP contribution is 2.38. The van der Waals surface area contributed by atoms with E-state index in [9.17, 15) is 0 Å². The van der Waals surface area contributed by atoms with E-state index in [0.717, 1.165) is 33.4 Å². The summed E-state index contributed by atoms with van der Waals surface area (Å²) in [6.45, 7) is 0. The normalized spacial score (nSPS) is 11.6. The van der Waals surface area contributed by atoms with Crippen LogP contribution >= 0.6 is 11.3 Å². The molecule has 0 atom stereocenters. The van der Waals surface area contributed by atoms with E-state index in [1.54, 1.807) is 11.3 Å². The van der Waals surface area contributed by atoms with Crippen molar-refractivity contribution >= 4 is 53.3 Å². The number of thiophene rings is 1. The van der Waals surface area contributed by atoms with Crippen molar-refractivity contribution in [3.8, 4) is 51.0 Å². The van der Waals surface area contributed by atoms with Crippen LogP contribution in [-0.2, 0) is 0 Å². The average Bonchev–Trinajstić information content (AvgIpc) is 3.73. The zero-order valence-corrected chi connectivity index (χ0v) is 27.7. The molecule has 0 saturated carbocycles. The fourth-order valence-electron chi connectivity index (χ4n) is 7.06. The quantitative estimate of drug-likeness (QED) is 0.185. The lowest BCUT2D eigenvalue weighted by Crippen LogP contribution is -2.01. The third-order valence-corrected chi connectivity index (χ3v) is 10.6. The number of nitrogens with zero attached hydrogens (tertiary/aromatic N) is 4. The van der Waals surface area contributed by atoms with Gasteiger partial charge in [0.2, 0.25) is 0 Å². The van der Waals surface area contributed by atoms with Crippen LogP contribution in [0.4, 0.5) is 0 Å². The van der Waals surface area contributed by atoms with Crippen molar-refractivity contribution in [3.05, 3.63) is 170 Å². The van der Waals surface area contributed by atoms with E-state index in [1.807, 2.05) is 18.2 Å². The molecular weight excluding hydrogens is 629 g/mol. The topological polar surface area (TPSA) is 43.6 Å². The lowest BCUT2D eigenvalue weighted by Gasteiger charge is -2.12. The highest BCUT2D eigenvalue weighted by Gasteiger charge is 2.17. The molecular formula is C45H28N4S. The monoisotopic (exact) mass is 656 g/mol. The summed E-state index contributed by atoms with van der Waals surface area (Å²) >= 11 is 1.80. The van der Waals surface area contributed by atoms with E-state index in [0.29, 0.717) is 17.5 Å². The van der Waals surface area contributed by atoms with E-state index < -0.39 is 0 Å². The fourth-order valence-corrected chi connectivity index (χ4v) is 8.21. The molecule has 0 N–H and O–H groups in total. The van der Waals surface area contributed by atoms with Gasteiger partial charge in [0.05, 0.1) is 11.0 Å². The number of rotatable bonds is 5. The number of aromatic nitrogens is 4. The maximum absolute atomic E-state index is 5.13. The Balaban J connectivity index is 1.14. The maximum Gasteiger partial charge on any atom is 0.164 e. The van der Waals surface area contributed by atoms with Crippen molar-refractivity contribution < 1.29 is 0 Å². The Morgan fingerprint density at radius 2 is 0.920 bits per heavy atom. The van der Waals surface area contributed by atoms with Crippen LogP contribution in [0.2, 0.25) is 0 Å². The first kappa shape index (κ1) is 28.6. The van der Waals surface area contributed by atoms with Crippen LogP contribution in [0.5, 0.6) is 0 Å². The van der Waals surface area contributed by atoms with Crippen LogP contribution in [0, 0.1) is 0 Å². The van der Waals surface area contributed by atoms with Gasteiger partial charge in [-0.2, -0.15) is 0 Å². The summed E-state index contributed by atoms with van der Waals surface area (Å²) in [7, 11) is 0. The van der Waals surface area contributed by atoms with Crippen molar-refractivity contribution in [3.63, 3.8) is 0 Å². The largest absolute Gasteiger partial charge is 0.309 e. The van der Waals surface area contributed by atoms with Crippen molar-refractivity contribution in [2.45, 2.75) is 0 Å². The highest BCUT2D eigenvalue weighted by molar-refractivity contribution is 7.25. The van der Waals surface area contributed by atoms with Crippen LogP contribution in [0.1, 0.15) is 0 Å². The van der Waals surface area contributed by atoms with E-state index in [1.165, 1.54) is 42.1 Å². The molecule has 0 fully saturated rings. The van der Waals surface area contributed by atoms with Gasteiger partial charge in [-0.1, -0.05) is 127 Å². The van der Waals surface area contributed by atoms with Gasteiger partial charge < -0.3 is 4.57 Å². The minimum absolute atomic E-state index is 0.638. The first-order chi connectivity index (χ1) is 24.8. The molecule has 0 radical (unpaired) electrons. The first-order valence-corrected chi connectivity index (χ1v) is 17.5. The van der Waals surface area contributed by atoms with Gasteiger partial charge in [-0.15, -0.1) is 11.3 Å². The number of para-hydroxylation sites is 1. The molecule has 3 aromatic heterocycles. The molecule has 0 amide bonds. The molecule has 10 aromatic rings. The Bertz CT molecular complexity index is 2870. The second-order valence-electron chi connectivity index (χ2n) is 12.5. The molecule has 0 aliphatic heterocycles. The Hall–Kier alpha value is -6.43. The predicted octanol–water partition coefficient (Wildman–Crippen LogP) is 12.0. The van der Waals surface area contributed by atoms with E-state index >= 15 is 0 Å². The summed E-state index contributed by atoms with van der Waals surface area (Å²) in [6, 6.07) is 59.8. The lowest BCUT2D eigenvalue weighted by molar-refractivity contribution is 1.07. The fraction of sp³-hybridized carbons (Fsp3) is 0. The zero-order chi connectivity index (χ0) is 33.0. The molecule has 0 aliphatic carbocycles. The molecule has 10 rings (SSSR count). The summed E-state index contributed by atoms with van der Waals surface area (Å²) < 4.78 is 4.84. The molecule has 4 nitrogen and oxygen atoms in total. The summed E-state index contributed by atoms with van der Waals surface area (Å²) in [5.41, 5.74) is 8.62. The minimum Gasteiger partial charge on any atom is -0.309 e. The van der Waals surface area contributed by atoms with Crippen molar-refractivity contribution in [1.29, 1.82) is 0 Å². The third kappa shape index (κ3) is 4.79. The second kappa shape index (κ2) is 11.6. The summed E-state index contributed by atoms with van der Waals surface area (Å²) in [6.07, 6.45) is 0. The van der Waals surface area contributed by atoms with E-state index in [-0.39, 0.29) is 0 Å². The molecule has 234 valence electrons. The maximum atomic E-state index is 5.13. The Morgan fingerprint density at radius 3 is 1.72 bits per heavy atom. The molecule has 0 spiro atoms. The van der Waals surface area contributed by atoms with Crippen LogP contribution in [-0.4, -0.2) is 19.5 Å². The van der Waals surface area contributed by atoms with E-state index in [2.05, 4.69) is 156 Å². The van der Waals surface area contributed by atoms with Gasteiger partial charge in [-0.3, -0.25) is 0 Å². The standard InChI is InChI=1S/C45H28N4S/c1-3-12-29(13-4-1)31-23-25-40-38(27-31)35-18-7-9-20-39(35)49(40)34-17-11-16-32(26-34)44-46-43(30-14-5-2-6-15-30)47-45(48-44)33-22-24-37-36-19-8-10-21-41(36)50-42(37)28-33/h1-28H. The number of hydrogen-bond donors (Lipinski definition) is 0. The van der Waals surface area contributed by atoms with Gasteiger partial charge in [0, 0.05) is 53.3 Å². The molecule has 3 heterocycles. The van der Waals surface area contributed by atoms with Crippen molar-refractivity contribution in [2.75, 3.05) is 0 Å². The number of benzene rings is 7. The predicted molar refractivity (Wildman–Crippen MR) is 209 cm³/mol. The molecule has 0 bridgehead atoms. The summed E-state index contributed by atoms with van der Waals surface area (Å²) in [5, 5.41) is 4.97. The number of hydrogen-bond acceptors (Lipinski definition) is 4. The van der Waals surface area contributed by atoms with Gasteiger partial charge >= 0.3 is 0 Å². The molecule has 50 heavy (non-hydrogen) atoms. The molecule has 0 unspecified atom stereocenters.